The van der Waals surface area contributed by atoms with Gasteiger partial charge in [0.15, 0.2) is 20.3 Å². The Balaban J connectivity index is 1.57. The van der Waals surface area contributed by atoms with Gasteiger partial charge in [0.05, 0.1) is 6.10 Å². The fourth-order valence-electron chi connectivity index (χ4n) is 6.31. The highest BCUT2D eigenvalue weighted by Gasteiger charge is 2.59. The van der Waals surface area contributed by atoms with Crippen LogP contribution < -0.4 is 0 Å². The third kappa shape index (κ3) is 5.32. The maximum absolute atomic E-state index is 9.64. The molecule has 2 aliphatic heterocycles. The van der Waals surface area contributed by atoms with Crippen LogP contribution in [-0.4, -0.2) is 61.8 Å². The zero-order valence-electron chi connectivity index (χ0n) is 23.9. The minimum absolute atomic E-state index is 0.0207. The molecule has 1 aliphatic carbocycles. The Bertz CT molecular complexity index is 1200. The number of benzene rings is 1. The zero-order chi connectivity index (χ0) is 27.8. The van der Waals surface area contributed by atoms with Crippen molar-refractivity contribution in [1.82, 2.24) is 4.57 Å². The van der Waals surface area contributed by atoms with Gasteiger partial charge in [-0.15, -0.1) is 0 Å². The first-order valence-electron chi connectivity index (χ1n) is 14.4. The summed E-state index contributed by atoms with van der Waals surface area (Å²) in [5.41, 5.74) is 4.89. The Hall–Kier alpha value is -2.14. The van der Waals surface area contributed by atoms with Gasteiger partial charge in [0.1, 0.15) is 30.5 Å². The van der Waals surface area contributed by atoms with Crippen molar-refractivity contribution < 1.29 is 23.7 Å². The van der Waals surface area contributed by atoms with E-state index in [1.807, 2.05) is 30.7 Å². The number of aliphatic imine (C=N–C) groups is 2. The molecule has 2 fully saturated rings. The molecular weight excluding hydrogens is 510 g/mol. The second-order valence-electron chi connectivity index (χ2n) is 11.3. The highest BCUT2D eigenvalue weighted by atomic mass is 28.4. The molecule has 0 spiro atoms. The summed E-state index contributed by atoms with van der Waals surface area (Å²) in [5.74, 6) is -0.0881. The molecule has 0 saturated carbocycles. The third-order valence-electron chi connectivity index (χ3n) is 8.78. The van der Waals surface area contributed by atoms with E-state index in [1.54, 1.807) is 0 Å². The minimum atomic E-state index is -2.01. The Morgan fingerprint density at radius 2 is 1.85 bits per heavy atom. The molecule has 0 unspecified atom stereocenters. The molecular formula is C30H43N3O5Si. The smallest absolute Gasteiger partial charge is 0.193 e. The number of ether oxygens (including phenoxy) is 3. The summed E-state index contributed by atoms with van der Waals surface area (Å²) in [6.45, 7) is 14.2. The first-order chi connectivity index (χ1) is 18.8. The lowest BCUT2D eigenvalue weighted by Gasteiger charge is -2.38. The second-order valence-corrected chi connectivity index (χ2v) is 16.1. The van der Waals surface area contributed by atoms with E-state index in [0.29, 0.717) is 12.2 Å². The van der Waals surface area contributed by atoms with E-state index in [4.69, 9.17) is 18.6 Å². The Morgan fingerprint density at radius 1 is 1.13 bits per heavy atom. The van der Waals surface area contributed by atoms with Gasteiger partial charge in [0.2, 0.25) is 0 Å². The van der Waals surface area contributed by atoms with Gasteiger partial charge in [-0.05, 0) is 86.3 Å². The molecule has 3 aliphatic rings. The SMILES string of the molecule is C=NC=Nc1c(CCO)ccn1[C@@H]1O[C@H]([C@H](O[Si](CC)(CC)CC)c2ccc3c(c2)CC3)[C@H]2OC(C)(C)O[C@H]21. The number of aromatic nitrogens is 1. The van der Waals surface area contributed by atoms with Crippen molar-refractivity contribution >= 4 is 27.2 Å². The van der Waals surface area contributed by atoms with Crippen molar-refractivity contribution in [2.24, 2.45) is 9.98 Å². The molecule has 39 heavy (non-hydrogen) atoms. The van der Waals surface area contributed by atoms with Crippen LogP contribution in [-0.2, 0) is 37.9 Å². The average Bonchev–Trinajstić information content (AvgIpc) is 3.55. The highest BCUT2D eigenvalue weighted by molar-refractivity contribution is 6.73. The van der Waals surface area contributed by atoms with Gasteiger partial charge < -0.3 is 28.3 Å². The molecule has 0 radical (unpaired) electrons. The summed E-state index contributed by atoms with van der Waals surface area (Å²) in [7, 11) is -2.01. The van der Waals surface area contributed by atoms with Crippen LogP contribution in [0.3, 0.4) is 0 Å². The molecule has 3 heterocycles. The standard InChI is InChI=1S/C30H43N3O5Si/c1-7-39(8-2,9-3)38-24(23-13-11-20-10-12-22(20)18-23)25-26-27(37-30(4,5)36-26)29(35-25)33-16-14-21(15-17-34)28(33)32-19-31-6/h11,13-14,16,18-19,24-27,29,34H,6-10,12,15,17H2,1-5H3/t24-,25-,26-,27-,29-/m1/s1. The number of hydrogen-bond donors (Lipinski definition) is 1. The third-order valence-corrected chi connectivity index (χ3v) is 13.4. The van der Waals surface area contributed by atoms with Crippen LogP contribution >= 0.6 is 0 Å². The monoisotopic (exact) mass is 553 g/mol. The fraction of sp³-hybridized carbons (Fsp3) is 0.600. The molecule has 212 valence electrons. The number of aliphatic hydroxyl groups excluding tert-OH is 1. The van der Waals surface area contributed by atoms with Crippen LogP contribution in [0.2, 0.25) is 18.1 Å². The van der Waals surface area contributed by atoms with Gasteiger partial charge in [0.25, 0.3) is 0 Å². The molecule has 0 amide bonds. The summed E-state index contributed by atoms with van der Waals surface area (Å²) in [5, 5.41) is 9.64. The van der Waals surface area contributed by atoms with E-state index < -0.39 is 20.3 Å². The molecule has 1 aromatic carbocycles. The van der Waals surface area contributed by atoms with Gasteiger partial charge in [-0.2, -0.15) is 0 Å². The Kier molecular flexibility index (Phi) is 8.29. The lowest BCUT2D eigenvalue weighted by atomic mass is 9.85. The second kappa shape index (κ2) is 11.4. The molecule has 1 aromatic heterocycles. The van der Waals surface area contributed by atoms with Crippen LogP contribution in [0.25, 0.3) is 0 Å². The number of nitrogens with zero attached hydrogens (tertiary/aromatic N) is 3. The van der Waals surface area contributed by atoms with Gasteiger partial charge in [0, 0.05) is 12.8 Å². The molecule has 0 bridgehead atoms. The van der Waals surface area contributed by atoms with E-state index >= 15 is 0 Å². The summed E-state index contributed by atoms with van der Waals surface area (Å²) < 4.78 is 29.2. The van der Waals surface area contributed by atoms with E-state index in [-0.39, 0.29) is 31.0 Å². The van der Waals surface area contributed by atoms with Crippen LogP contribution in [0.4, 0.5) is 5.82 Å². The number of fused-ring (bicyclic) bond motifs is 2. The lowest BCUT2D eigenvalue weighted by Crippen LogP contribution is -2.43. The van der Waals surface area contributed by atoms with Crippen molar-refractivity contribution in [2.75, 3.05) is 6.61 Å². The summed E-state index contributed by atoms with van der Waals surface area (Å²) in [6, 6.07) is 11.9. The highest BCUT2D eigenvalue weighted by Crippen LogP contribution is 2.50. The van der Waals surface area contributed by atoms with Gasteiger partial charge in [-0.3, -0.25) is 4.99 Å². The average molecular weight is 554 g/mol. The largest absolute Gasteiger partial charge is 0.407 e. The van der Waals surface area contributed by atoms with Crippen molar-refractivity contribution in [3.63, 3.8) is 0 Å². The maximum atomic E-state index is 9.64. The Morgan fingerprint density at radius 3 is 2.46 bits per heavy atom. The Labute approximate surface area is 233 Å². The maximum Gasteiger partial charge on any atom is 0.193 e. The van der Waals surface area contributed by atoms with Gasteiger partial charge in [-0.1, -0.05) is 39.0 Å². The summed E-state index contributed by atoms with van der Waals surface area (Å²) >= 11 is 0. The molecule has 9 heteroatoms. The predicted molar refractivity (Wildman–Crippen MR) is 156 cm³/mol. The number of aliphatic hydroxyl groups is 1. The van der Waals surface area contributed by atoms with E-state index in [2.05, 4.69) is 55.7 Å². The summed E-state index contributed by atoms with van der Waals surface area (Å²) in [4.78, 5) is 8.36. The quantitative estimate of drug-likeness (QED) is 0.208. The zero-order valence-corrected chi connectivity index (χ0v) is 24.9. The van der Waals surface area contributed by atoms with Gasteiger partial charge in [-0.25, -0.2) is 4.99 Å². The van der Waals surface area contributed by atoms with Crippen LogP contribution in [0.1, 0.15) is 69.2 Å². The number of aryl methyl sites for hydroxylation is 2. The molecule has 5 atom stereocenters. The predicted octanol–water partition coefficient (Wildman–Crippen LogP) is 5.66. The molecule has 1 N–H and O–H groups in total. The molecule has 2 saturated heterocycles. The molecule has 8 nitrogen and oxygen atoms in total. The number of hydrogen-bond acceptors (Lipinski definition) is 6. The van der Waals surface area contributed by atoms with Crippen molar-refractivity contribution in [2.45, 2.75) is 108 Å². The minimum Gasteiger partial charge on any atom is -0.407 e. The van der Waals surface area contributed by atoms with Gasteiger partial charge >= 0.3 is 0 Å². The fourth-order valence-corrected chi connectivity index (χ4v) is 9.12. The van der Waals surface area contributed by atoms with Crippen molar-refractivity contribution in [3.8, 4) is 0 Å². The molecule has 2 aromatic rings. The normalized spacial score (nSPS) is 26.4. The van der Waals surface area contributed by atoms with Crippen LogP contribution in [0, 0.1) is 0 Å². The van der Waals surface area contributed by atoms with E-state index in [0.717, 1.165) is 42.1 Å². The topological polar surface area (TPSA) is 86.8 Å². The van der Waals surface area contributed by atoms with E-state index in [1.165, 1.54) is 17.5 Å². The molecule has 5 rings (SSSR count). The lowest BCUT2D eigenvalue weighted by molar-refractivity contribution is -0.206. The van der Waals surface area contributed by atoms with Crippen LogP contribution in [0.15, 0.2) is 40.4 Å². The summed E-state index contributed by atoms with van der Waals surface area (Å²) in [6.07, 6.45) is 4.29. The van der Waals surface area contributed by atoms with E-state index in [9.17, 15) is 5.11 Å². The first kappa shape index (κ1) is 28.4. The van der Waals surface area contributed by atoms with Crippen molar-refractivity contribution in [1.29, 1.82) is 0 Å². The van der Waals surface area contributed by atoms with Crippen LogP contribution in [0.5, 0.6) is 0 Å². The number of rotatable bonds is 12. The van der Waals surface area contributed by atoms with Crippen molar-refractivity contribution in [3.05, 3.63) is 52.7 Å². The first-order valence-corrected chi connectivity index (χ1v) is 16.9.